The van der Waals surface area contributed by atoms with Crippen molar-refractivity contribution in [1.82, 2.24) is 20.4 Å². The van der Waals surface area contributed by atoms with E-state index >= 15 is 0 Å². The van der Waals surface area contributed by atoms with Crippen LogP contribution in [-0.4, -0.2) is 20.4 Å². The third kappa shape index (κ3) is 3.73. The number of rotatable bonds is 5. The smallest absolute Gasteiger partial charge is 0.304 e. The highest BCUT2D eigenvalue weighted by Crippen LogP contribution is 2.41. The predicted octanol–water partition coefficient (Wildman–Crippen LogP) is 4.39. The van der Waals surface area contributed by atoms with Crippen LogP contribution in [0.1, 0.15) is 28.6 Å². The second kappa shape index (κ2) is 8.80. The monoisotopic (exact) mass is 482 g/mol. The average Bonchev–Trinajstić information content (AvgIpc) is 3.72. The van der Waals surface area contributed by atoms with E-state index in [-0.39, 0.29) is 5.92 Å². The molecule has 0 amide bonds. The molecule has 7 heteroatoms. The quantitative estimate of drug-likeness (QED) is 0.342. The van der Waals surface area contributed by atoms with Crippen LogP contribution in [0.15, 0.2) is 132 Å². The van der Waals surface area contributed by atoms with Crippen molar-refractivity contribution in [3.05, 3.63) is 150 Å². The largest absolute Gasteiger partial charge is 0.335 e. The lowest BCUT2D eigenvalue weighted by Gasteiger charge is -2.04. The maximum Gasteiger partial charge on any atom is 0.335 e. The Morgan fingerprint density at radius 1 is 0.703 bits per heavy atom. The molecule has 2 aromatic heterocycles. The van der Waals surface area contributed by atoms with E-state index in [1.807, 2.05) is 108 Å². The van der Waals surface area contributed by atoms with Crippen LogP contribution in [0.3, 0.4) is 0 Å². The van der Waals surface area contributed by atoms with E-state index in [0.29, 0.717) is 0 Å². The molecule has 0 radical (unpaired) electrons. The topological polar surface area (TPSA) is 64.5 Å². The molecule has 0 bridgehead atoms. The molecular formula is C30H22N6O+2. The molecule has 0 aliphatic heterocycles. The summed E-state index contributed by atoms with van der Waals surface area (Å²) in [5.74, 6) is 1.41. The van der Waals surface area contributed by atoms with Crippen LogP contribution in [0.2, 0.25) is 0 Å². The zero-order valence-corrected chi connectivity index (χ0v) is 19.8. The second-order valence-electron chi connectivity index (χ2n) is 8.82. The fourth-order valence-corrected chi connectivity index (χ4v) is 4.75. The molecule has 4 aromatic carbocycles. The SMILES string of the molecule is C1=C(c2nn(-c3ccccc3)n[n+]2-c2ccccc2)c2ccccc2C1c1c[n+](-c2ccccc2)no1. The van der Waals surface area contributed by atoms with Crippen LogP contribution in [0.4, 0.5) is 0 Å². The van der Waals surface area contributed by atoms with Crippen LogP contribution >= 0.6 is 0 Å². The maximum atomic E-state index is 5.85. The number of benzene rings is 4. The Balaban J connectivity index is 1.38. The Morgan fingerprint density at radius 3 is 2.11 bits per heavy atom. The number of para-hydroxylation sites is 3. The van der Waals surface area contributed by atoms with Gasteiger partial charge in [0.1, 0.15) is 5.69 Å². The first kappa shape index (κ1) is 21.1. The van der Waals surface area contributed by atoms with Gasteiger partial charge in [-0.05, 0) is 40.1 Å². The average molecular weight is 483 g/mol. The molecule has 0 saturated carbocycles. The van der Waals surface area contributed by atoms with E-state index < -0.39 is 0 Å². The van der Waals surface area contributed by atoms with Crippen molar-refractivity contribution in [1.29, 1.82) is 0 Å². The summed E-state index contributed by atoms with van der Waals surface area (Å²) in [4.78, 5) is 1.68. The minimum absolute atomic E-state index is 0.102. The molecule has 1 unspecified atom stereocenters. The van der Waals surface area contributed by atoms with Gasteiger partial charge in [0.15, 0.2) is 5.69 Å². The van der Waals surface area contributed by atoms with Crippen LogP contribution in [-0.2, 0) is 0 Å². The third-order valence-electron chi connectivity index (χ3n) is 6.52. The summed E-state index contributed by atoms with van der Waals surface area (Å²) in [6.45, 7) is 0. The standard InChI is InChI=1S/C30H22N6O/c1-4-12-22(13-5-1)34-21-29(37-33-34)27-20-28(26-19-11-10-18-25(26)27)30-31-36(24-16-8-3-9-17-24)32-35(30)23-14-6-2-7-15-23/h1-21,27H/q+2. The predicted molar refractivity (Wildman–Crippen MR) is 136 cm³/mol. The van der Waals surface area contributed by atoms with Crippen LogP contribution in [0, 0.1) is 0 Å². The molecule has 37 heavy (non-hydrogen) atoms. The Labute approximate surface area is 213 Å². The Kier molecular flexibility index (Phi) is 5.03. The van der Waals surface area contributed by atoms with E-state index in [2.05, 4.69) is 29.5 Å². The lowest BCUT2D eigenvalue weighted by Crippen LogP contribution is -2.37. The van der Waals surface area contributed by atoms with Gasteiger partial charge in [-0.3, -0.25) is 0 Å². The first-order valence-electron chi connectivity index (χ1n) is 12.1. The van der Waals surface area contributed by atoms with E-state index in [1.165, 1.54) is 0 Å². The lowest BCUT2D eigenvalue weighted by molar-refractivity contribution is -0.670. The first-order chi connectivity index (χ1) is 18.3. The first-order valence-corrected chi connectivity index (χ1v) is 12.1. The molecule has 6 aromatic rings. The van der Waals surface area contributed by atoms with Gasteiger partial charge < -0.3 is 4.52 Å². The molecule has 7 rings (SSSR count). The Morgan fingerprint density at radius 2 is 1.35 bits per heavy atom. The van der Waals surface area contributed by atoms with Gasteiger partial charge in [0, 0.05) is 16.9 Å². The number of nitrogens with zero attached hydrogens (tertiary/aromatic N) is 6. The normalized spacial score (nSPS) is 14.4. The number of fused-ring (bicyclic) bond motifs is 1. The maximum absolute atomic E-state index is 5.85. The van der Waals surface area contributed by atoms with E-state index in [9.17, 15) is 0 Å². The highest BCUT2D eigenvalue weighted by Gasteiger charge is 2.36. The second-order valence-corrected chi connectivity index (χ2v) is 8.82. The lowest BCUT2D eigenvalue weighted by atomic mass is 9.98. The zero-order chi connectivity index (χ0) is 24.6. The number of tetrazole rings is 1. The van der Waals surface area contributed by atoms with E-state index in [4.69, 9.17) is 14.8 Å². The van der Waals surface area contributed by atoms with Crippen molar-refractivity contribution in [2.45, 2.75) is 5.92 Å². The minimum Gasteiger partial charge on any atom is -0.304 e. The number of aromatic nitrogens is 6. The fraction of sp³-hybridized carbons (Fsp3) is 0.0333. The van der Waals surface area contributed by atoms with Crippen molar-refractivity contribution in [2.75, 3.05) is 0 Å². The van der Waals surface area contributed by atoms with E-state index in [1.54, 1.807) is 9.48 Å². The summed E-state index contributed by atoms with van der Waals surface area (Å²) in [5, 5.41) is 14.1. The van der Waals surface area contributed by atoms with Gasteiger partial charge in [0.25, 0.3) is 0 Å². The van der Waals surface area contributed by atoms with Crippen molar-refractivity contribution < 1.29 is 13.9 Å². The van der Waals surface area contributed by atoms with Crippen LogP contribution in [0.5, 0.6) is 0 Å². The summed E-state index contributed by atoms with van der Waals surface area (Å²) in [7, 11) is 0. The zero-order valence-electron chi connectivity index (χ0n) is 19.8. The van der Waals surface area contributed by atoms with Gasteiger partial charge in [0.2, 0.25) is 22.9 Å². The van der Waals surface area contributed by atoms with Crippen LogP contribution < -0.4 is 9.36 Å². The molecular weight excluding hydrogens is 460 g/mol. The number of hydrogen-bond donors (Lipinski definition) is 0. The Hall–Kier alpha value is -5.17. The molecule has 1 aliphatic rings. The molecule has 0 N–H and O–H groups in total. The van der Waals surface area contributed by atoms with Crippen LogP contribution in [0.25, 0.3) is 22.6 Å². The Bertz CT molecular complexity index is 1720. The number of allylic oxidation sites excluding steroid dienone is 1. The van der Waals surface area contributed by atoms with E-state index in [0.717, 1.165) is 45.3 Å². The van der Waals surface area contributed by atoms with Crippen molar-refractivity contribution in [3.63, 3.8) is 0 Å². The molecule has 1 aliphatic carbocycles. The summed E-state index contributed by atoms with van der Waals surface area (Å²) < 4.78 is 9.51. The highest BCUT2D eigenvalue weighted by molar-refractivity contribution is 5.83. The van der Waals surface area contributed by atoms with Crippen molar-refractivity contribution in [3.8, 4) is 17.1 Å². The highest BCUT2D eigenvalue weighted by atomic mass is 16.5. The number of hydrogen-bond acceptors (Lipinski definition) is 4. The molecule has 0 spiro atoms. The summed E-state index contributed by atoms with van der Waals surface area (Å²) >= 11 is 0. The molecule has 7 nitrogen and oxygen atoms in total. The molecule has 2 heterocycles. The summed E-state index contributed by atoms with van der Waals surface area (Å²) in [5.41, 5.74) is 6.00. The van der Waals surface area contributed by atoms with Crippen molar-refractivity contribution >= 4 is 5.57 Å². The van der Waals surface area contributed by atoms with Gasteiger partial charge in [-0.25, -0.2) is 0 Å². The minimum atomic E-state index is -0.102. The molecule has 176 valence electrons. The summed E-state index contributed by atoms with van der Waals surface area (Å²) in [6.07, 6.45) is 4.14. The molecule has 0 saturated heterocycles. The van der Waals surface area contributed by atoms with Gasteiger partial charge in [-0.1, -0.05) is 89.6 Å². The van der Waals surface area contributed by atoms with Gasteiger partial charge in [-0.15, -0.1) is 0 Å². The molecule has 0 fully saturated rings. The third-order valence-corrected chi connectivity index (χ3v) is 6.52. The van der Waals surface area contributed by atoms with Gasteiger partial charge in [-0.2, -0.15) is 0 Å². The fourth-order valence-electron chi connectivity index (χ4n) is 4.75. The summed E-state index contributed by atoms with van der Waals surface area (Å²) in [6, 6.07) is 38.3. The van der Waals surface area contributed by atoms with Gasteiger partial charge in [0.05, 0.1) is 21.8 Å². The van der Waals surface area contributed by atoms with Crippen molar-refractivity contribution in [2.24, 2.45) is 0 Å². The van der Waals surface area contributed by atoms with Gasteiger partial charge >= 0.3 is 5.82 Å². The molecule has 1 atom stereocenters.